The largest absolute Gasteiger partial charge is 0.507 e. The van der Waals surface area contributed by atoms with Crippen molar-refractivity contribution in [3.63, 3.8) is 0 Å². The highest BCUT2D eigenvalue weighted by Gasteiger charge is 2.47. The maximum Gasteiger partial charge on any atom is 0.300 e. The van der Waals surface area contributed by atoms with E-state index in [1.807, 2.05) is 44.2 Å². The summed E-state index contributed by atoms with van der Waals surface area (Å²) in [5, 5.41) is 12.0. The van der Waals surface area contributed by atoms with Crippen LogP contribution < -0.4 is 14.4 Å². The standard InChI is InChI=1S/C33H28ClNO5/c1-3-39-27-16-14-26(15-17-27)35-30(23-9-12-25(34)13-10-23)29(32(37)33(35)38)31(36)24-11-18-28(21(2)19-24)40-20-22-7-5-4-6-8-22/h4-19,30,36H,3,20H2,1-2H3/b31-29-. The molecule has 0 aromatic heterocycles. The molecule has 1 saturated heterocycles. The van der Waals surface area contributed by atoms with Gasteiger partial charge < -0.3 is 14.6 Å². The lowest BCUT2D eigenvalue weighted by Crippen LogP contribution is -2.29. The minimum atomic E-state index is -0.857. The third-order valence-electron chi connectivity index (χ3n) is 6.74. The lowest BCUT2D eigenvalue weighted by atomic mass is 9.94. The zero-order valence-corrected chi connectivity index (χ0v) is 22.9. The molecule has 1 N–H and O–H groups in total. The number of ether oxygens (including phenoxy) is 2. The summed E-state index contributed by atoms with van der Waals surface area (Å²) in [6, 6.07) is 28.0. The Balaban J connectivity index is 1.54. The summed E-state index contributed by atoms with van der Waals surface area (Å²) in [5.41, 5.74) is 3.37. The normalized spacial score (nSPS) is 16.3. The van der Waals surface area contributed by atoms with Crippen molar-refractivity contribution >= 4 is 34.7 Å². The summed E-state index contributed by atoms with van der Waals surface area (Å²) in [4.78, 5) is 28.3. The molecule has 202 valence electrons. The average Bonchev–Trinajstić information content (AvgIpc) is 3.23. The minimum absolute atomic E-state index is 0.00133. The molecule has 6 nitrogen and oxygen atoms in total. The molecule has 0 radical (unpaired) electrons. The topological polar surface area (TPSA) is 76.1 Å². The number of aliphatic hydroxyl groups is 1. The van der Waals surface area contributed by atoms with Gasteiger partial charge in [0, 0.05) is 16.3 Å². The molecule has 0 bridgehead atoms. The molecule has 0 saturated carbocycles. The van der Waals surface area contributed by atoms with Gasteiger partial charge in [0.25, 0.3) is 11.7 Å². The molecular weight excluding hydrogens is 526 g/mol. The van der Waals surface area contributed by atoms with Crippen LogP contribution in [0.1, 0.15) is 35.2 Å². The Morgan fingerprint density at radius 2 is 1.60 bits per heavy atom. The van der Waals surface area contributed by atoms with Gasteiger partial charge in [0.15, 0.2) is 0 Å². The Hall–Kier alpha value is -4.55. The highest BCUT2D eigenvalue weighted by atomic mass is 35.5. The van der Waals surface area contributed by atoms with Crippen LogP contribution in [0, 0.1) is 6.92 Å². The first kappa shape index (κ1) is 27.0. The van der Waals surface area contributed by atoms with Gasteiger partial charge in [-0.05, 0) is 85.1 Å². The van der Waals surface area contributed by atoms with Crippen molar-refractivity contribution < 1.29 is 24.2 Å². The van der Waals surface area contributed by atoms with Crippen molar-refractivity contribution in [2.45, 2.75) is 26.5 Å². The summed E-state index contributed by atoms with van der Waals surface area (Å²) in [7, 11) is 0. The number of aryl methyl sites for hydroxylation is 1. The number of benzene rings is 4. The van der Waals surface area contributed by atoms with Gasteiger partial charge >= 0.3 is 0 Å². The Morgan fingerprint density at radius 3 is 2.25 bits per heavy atom. The van der Waals surface area contributed by atoms with Crippen LogP contribution in [-0.4, -0.2) is 23.4 Å². The van der Waals surface area contributed by atoms with E-state index in [1.165, 1.54) is 4.90 Å². The second kappa shape index (κ2) is 11.7. The Labute approximate surface area is 238 Å². The third kappa shape index (κ3) is 5.44. The molecule has 1 atom stereocenters. The van der Waals surface area contributed by atoms with E-state index in [4.69, 9.17) is 21.1 Å². The molecule has 1 aliphatic heterocycles. The number of carbonyl (C=O) groups is 2. The van der Waals surface area contributed by atoms with Crippen LogP contribution in [0.25, 0.3) is 5.76 Å². The Morgan fingerprint density at radius 1 is 0.900 bits per heavy atom. The molecule has 1 unspecified atom stereocenters. The fraction of sp³-hybridized carbons (Fsp3) is 0.152. The molecule has 7 heteroatoms. The summed E-state index contributed by atoms with van der Waals surface area (Å²) >= 11 is 6.13. The summed E-state index contributed by atoms with van der Waals surface area (Å²) in [6.45, 7) is 4.66. The first-order chi connectivity index (χ1) is 19.4. The number of anilines is 1. The molecule has 1 fully saturated rings. The summed E-state index contributed by atoms with van der Waals surface area (Å²) in [6.07, 6.45) is 0. The van der Waals surface area contributed by atoms with Gasteiger partial charge in [0.1, 0.15) is 23.9 Å². The van der Waals surface area contributed by atoms with Crippen molar-refractivity contribution in [1.29, 1.82) is 0 Å². The number of amides is 1. The van der Waals surface area contributed by atoms with Crippen LogP contribution >= 0.6 is 11.6 Å². The molecule has 0 spiro atoms. The smallest absolute Gasteiger partial charge is 0.300 e. The second-order valence-corrected chi connectivity index (χ2v) is 9.84. The Kier molecular flexibility index (Phi) is 7.89. The molecular formula is C33H28ClNO5. The number of Topliss-reactive ketones (excluding diaryl/α,β-unsaturated/α-hetero) is 1. The monoisotopic (exact) mass is 553 g/mol. The number of rotatable bonds is 8. The van der Waals surface area contributed by atoms with Gasteiger partial charge in [-0.1, -0.05) is 54.1 Å². The van der Waals surface area contributed by atoms with Gasteiger partial charge in [-0.2, -0.15) is 0 Å². The van der Waals surface area contributed by atoms with Crippen molar-refractivity contribution in [2.75, 3.05) is 11.5 Å². The number of nitrogens with zero attached hydrogens (tertiary/aromatic N) is 1. The lowest BCUT2D eigenvalue weighted by Gasteiger charge is -2.25. The number of ketones is 1. The minimum Gasteiger partial charge on any atom is -0.507 e. The third-order valence-corrected chi connectivity index (χ3v) is 6.99. The highest BCUT2D eigenvalue weighted by Crippen LogP contribution is 2.43. The van der Waals surface area contributed by atoms with Crippen LogP contribution in [0.4, 0.5) is 5.69 Å². The van der Waals surface area contributed by atoms with Crippen LogP contribution in [0.2, 0.25) is 5.02 Å². The van der Waals surface area contributed by atoms with E-state index in [0.29, 0.717) is 46.5 Å². The van der Waals surface area contributed by atoms with Crippen LogP contribution in [0.15, 0.2) is 103 Å². The fourth-order valence-electron chi connectivity index (χ4n) is 4.78. The van der Waals surface area contributed by atoms with Crippen LogP contribution in [0.5, 0.6) is 11.5 Å². The second-order valence-electron chi connectivity index (χ2n) is 9.40. The predicted molar refractivity (Wildman–Crippen MR) is 156 cm³/mol. The zero-order chi connectivity index (χ0) is 28.2. The van der Waals surface area contributed by atoms with Gasteiger partial charge in [-0.3, -0.25) is 14.5 Å². The number of hydrogen-bond acceptors (Lipinski definition) is 5. The maximum absolute atomic E-state index is 13.5. The molecule has 0 aliphatic carbocycles. The van der Waals surface area contributed by atoms with Crippen LogP contribution in [-0.2, 0) is 16.2 Å². The Bertz CT molecular complexity index is 1560. The molecule has 5 rings (SSSR count). The number of halogens is 1. The fourth-order valence-corrected chi connectivity index (χ4v) is 4.90. The molecule has 1 aliphatic rings. The van der Waals surface area contributed by atoms with Gasteiger partial charge in [-0.25, -0.2) is 0 Å². The zero-order valence-electron chi connectivity index (χ0n) is 22.1. The SMILES string of the molecule is CCOc1ccc(N2C(=O)C(=O)/C(=C(\O)c3ccc(OCc4ccccc4)c(C)c3)C2c2ccc(Cl)cc2)cc1. The van der Waals surface area contributed by atoms with Crippen LogP contribution in [0.3, 0.4) is 0 Å². The van der Waals surface area contributed by atoms with Crippen molar-refractivity contribution in [3.8, 4) is 11.5 Å². The van der Waals surface area contributed by atoms with E-state index < -0.39 is 17.7 Å². The van der Waals surface area contributed by atoms with E-state index in [-0.39, 0.29) is 11.3 Å². The van der Waals surface area contributed by atoms with Crippen molar-refractivity contribution in [1.82, 2.24) is 0 Å². The van der Waals surface area contributed by atoms with Crippen molar-refractivity contribution in [2.24, 2.45) is 0 Å². The average molecular weight is 554 g/mol. The number of hydrogen-bond donors (Lipinski definition) is 1. The molecule has 4 aromatic carbocycles. The molecule has 40 heavy (non-hydrogen) atoms. The van der Waals surface area contributed by atoms with Crippen molar-refractivity contribution in [3.05, 3.63) is 130 Å². The number of carbonyl (C=O) groups excluding carboxylic acids is 2. The summed E-state index contributed by atoms with van der Waals surface area (Å²) in [5.74, 6) is -0.455. The van der Waals surface area contributed by atoms with Gasteiger partial charge in [-0.15, -0.1) is 0 Å². The van der Waals surface area contributed by atoms with Gasteiger partial charge in [0.05, 0.1) is 18.2 Å². The predicted octanol–water partition coefficient (Wildman–Crippen LogP) is 7.25. The lowest BCUT2D eigenvalue weighted by molar-refractivity contribution is -0.132. The van der Waals surface area contributed by atoms with E-state index in [0.717, 1.165) is 11.1 Å². The molecule has 4 aromatic rings. The quantitative estimate of drug-likeness (QED) is 0.141. The highest BCUT2D eigenvalue weighted by molar-refractivity contribution is 6.51. The van der Waals surface area contributed by atoms with E-state index in [9.17, 15) is 14.7 Å². The maximum atomic E-state index is 13.5. The van der Waals surface area contributed by atoms with Gasteiger partial charge in [0.2, 0.25) is 0 Å². The number of aliphatic hydroxyl groups excluding tert-OH is 1. The van der Waals surface area contributed by atoms with E-state index in [1.54, 1.807) is 66.7 Å². The molecule has 1 amide bonds. The first-order valence-electron chi connectivity index (χ1n) is 12.9. The first-order valence-corrected chi connectivity index (χ1v) is 13.3. The summed E-state index contributed by atoms with van der Waals surface area (Å²) < 4.78 is 11.5. The molecule has 1 heterocycles. The van der Waals surface area contributed by atoms with E-state index >= 15 is 0 Å². The van der Waals surface area contributed by atoms with E-state index in [2.05, 4.69) is 0 Å².